The van der Waals surface area contributed by atoms with Crippen molar-refractivity contribution in [2.75, 3.05) is 0 Å². The van der Waals surface area contributed by atoms with Gasteiger partial charge in [-0.2, -0.15) is 0 Å². The summed E-state index contributed by atoms with van der Waals surface area (Å²) < 4.78 is 0. The molecular formula is C8H20Al2Br2. The molecule has 0 saturated heterocycles. The van der Waals surface area contributed by atoms with Crippen molar-refractivity contribution < 1.29 is 34.0 Å². The minimum atomic E-state index is 0. The molecule has 0 unspecified atom stereocenters. The van der Waals surface area contributed by atoms with E-state index in [2.05, 4.69) is 27.7 Å². The Hall–Kier alpha value is 2.02. The summed E-state index contributed by atoms with van der Waals surface area (Å²) in [6.07, 6.45) is 0. The van der Waals surface area contributed by atoms with Crippen molar-refractivity contribution in [1.29, 1.82) is 0 Å². The maximum Gasteiger partial charge on any atom is -1.00 e. The maximum atomic E-state index is 2.25. The van der Waals surface area contributed by atoms with Gasteiger partial charge in [0.15, 0.2) is 0 Å². The molecule has 0 N–H and O–H groups in total. The second-order valence-electron chi connectivity index (χ2n) is 2.21. The molecule has 12 heavy (non-hydrogen) atoms. The molecule has 0 aliphatic rings. The summed E-state index contributed by atoms with van der Waals surface area (Å²) in [4.78, 5) is 0. The van der Waals surface area contributed by atoms with Crippen LogP contribution in [0, 0.1) is 0 Å². The minimum Gasteiger partial charge on any atom is -1.00 e. The van der Waals surface area contributed by atoms with Crippen molar-refractivity contribution in [3.63, 3.8) is 0 Å². The average molecular weight is 330 g/mol. The van der Waals surface area contributed by atoms with Crippen LogP contribution in [-0.4, -0.2) is 30.4 Å². The molecule has 0 nitrogen and oxygen atoms in total. The van der Waals surface area contributed by atoms with Crippen molar-refractivity contribution in [2.24, 2.45) is 0 Å². The van der Waals surface area contributed by atoms with Crippen LogP contribution in [-0.2, 0) is 0 Å². The van der Waals surface area contributed by atoms with E-state index in [1.165, 1.54) is 21.1 Å². The van der Waals surface area contributed by atoms with Crippen LogP contribution >= 0.6 is 0 Å². The summed E-state index contributed by atoms with van der Waals surface area (Å²) in [7, 11) is 0. The van der Waals surface area contributed by atoms with Gasteiger partial charge in [-0.25, -0.2) is 0 Å². The average Bonchev–Trinajstić information content (AvgIpc) is 1.93. The fraction of sp³-hybridized carbons (Fsp3) is 1.00. The SMILES string of the molecule is C[CH2][Al+][CH2]C.C[CH2][Al+][CH2]C.[Br-].[Br-]. The van der Waals surface area contributed by atoms with Crippen LogP contribution in [0.5, 0.6) is 0 Å². The van der Waals surface area contributed by atoms with E-state index < -0.39 is 0 Å². The Bertz CT molecular complexity index is 36.0. The standard InChI is InChI=1S/4C2H5.2Al.2BrH/c4*1-2;;;;/h4*1H2,2H3;;;2*1H/q;;;;2*+1;;/p-2. The molecule has 0 radical (unpaired) electrons. The van der Waals surface area contributed by atoms with Crippen LogP contribution in [0.2, 0.25) is 21.1 Å². The molecule has 0 heterocycles. The van der Waals surface area contributed by atoms with Crippen LogP contribution in [0.3, 0.4) is 0 Å². The molecular weight excluding hydrogens is 310 g/mol. The van der Waals surface area contributed by atoms with Crippen LogP contribution in [0.4, 0.5) is 0 Å². The Kier molecular flexibility index (Phi) is 57.7. The van der Waals surface area contributed by atoms with Crippen LogP contribution in [0.15, 0.2) is 0 Å². The zero-order valence-corrected chi connectivity index (χ0v) is 14.2. The zero-order chi connectivity index (χ0) is 8.24. The van der Waals surface area contributed by atoms with E-state index in [9.17, 15) is 0 Å². The van der Waals surface area contributed by atoms with Crippen LogP contribution in [0.1, 0.15) is 27.7 Å². The minimum absolute atomic E-state index is 0. The molecule has 0 saturated carbocycles. The predicted octanol–water partition coefficient (Wildman–Crippen LogP) is -2.86. The van der Waals surface area contributed by atoms with Gasteiger partial charge in [-0.15, -0.1) is 0 Å². The topological polar surface area (TPSA) is 0 Å². The van der Waals surface area contributed by atoms with Gasteiger partial charge in [0.05, 0.1) is 0 Å². The van der Waals surface area contributed by atoms with Gasteiger partial charge >= 0.3 is 79.3 Å². The second kappa shape index (κ2) is 29.2. The van der Waals surface area contributed by atoms with Crippen molar-refractivity contribution in [3.8, 4) is 0 Å². The van der Waals surface area contributed by atoms with Crippen molar-refractivity contribution in [2.45, 2.75) is 48.8 Å². The molecule has 0 amide bonds. The fourth-order valence-electron chi connectivity index (χ4n) is 0.577. The molecule has 72 valence electrons. The Morgan fingerprint density at radius 1 is 0.583 bits per heavy atom. The third-order valence-corrected chi connectivity index (χ3v) is 3.46. The molecule has 0 atom stereocenters. The van der Waals surface area contributed by atoms with Gasteiger partial charge in [0.1, 0.15) is 0 Å². The molecule has 0 aliphatic heterocycles. The zero-order valence-electron chi connectivity index (χ0n) is 8.74. The Morgan fingerprint density at radius 3 is 0.750 bits per heavy atom. The van der Waals surface area contributed by atoms with E-state index in [0.29, 0.717) is 0 Å². The third-order valence-electron chi connectivity index (χ3n) is 1.15. The second-order valence-corrected chi connectivity index (χ2v) is 6.63. The first kappa shape index (κ1) is 23.7. The number of halogens is 2. The quantitative estimate of drug-likeness (QED) is 0.487. The van der Waals surface area contributed by atoms with E-state index in [1.807, 2.05) is 0 Å². The summed E-state index contributed by atoms with van der Waals surface area (Å²) in [5, 5.41) is 5.71. The maximum absolute atomic E-state index is 2.25. The van der Waals surface area contributed by atoms with Gasteiger partial charge in [0.2, 0.25) is 0 Å². The number of hydrogen-bond donors (Lipinski definition) is 0. The monoisotopic (exact) mass is 328 g/mol. The van der Waals surface area contributed by atoms with Gasteiger partial charge in [0, 0.05) is 0 Å². The van der Waals surface area contributed by atoms with Crippen molar-refractivity contribution in [3.05, 3.63) is 0 Å². The summed E-state index contributed by atoms with van der Waals surface area (Å²) in [5.74, 6) is 0. The van der Waals surface area contributed by atoms with E-state index in [-0.39, 0.29) is 34.0 Å². The predicted molar refractivity (Wildman–Crippen MR) is 53.4 cm³/mol. The summed E-state index contributed by atoms with van der Waals surface area (Å²) >= 11 is 1.63. The molecule has 0 aromatic heterocycles. The van der Waals surface area contributed by atoms with E-state index in [4.69, 9.17) is 0 Å². The summed E-state index contributed by atoms with van der Waals surface area (Å²) in [5.41, 5.74) is 0. The molecule has 0 rings (SSSR count). The molecule has 0 spiro atoms. The van der Waals surface area contributed by atoms with Gasteiger partial charge in [-0.3, -0.25) is 0 Å². The van der Waals surface area contributed by atoms with E-state index >= 15 is 0 Å². The molecule has 0 aliphatic carbocycles. The van der Waals surface area contributed by atoms with Gasteiger partial charge in [-0.1, -0.05) is 0 Å². The first-order valence-corrected chi connectivity index (χ1v) is 7.73. The number of rotatable bonds is 4. The first-order valence-electron chi connectivity index (χ1n) is 4.46. The fourth-order valence-corrected chi connectivity index (χ4v) is 1.73. The Morgan fingerprint density at radius 2 is 0.750 bits per heavy atom. The van der Waals surface area contributed by atoms with Gasteiger partial charge in [-0.05, 0) is 0 Å². The largest absolute Gasteiger partial charge is 1.00 e. The number of hydrogen-bond acceptors (Lipinski definition) is 0. The van der Waals surface area contributed by atoms with Crippen molar-refractivity contribution in [1.82, 2.24) is 0 Å². The first-order chi connectivity index (χ1) is 4.83. The normalized spacial score (nSPS) is 5.67. The summed E-state index contributed by atoms with van der Waals surface area (Å²) in [6.45, 7) is 9.00. The molecule has 0 aromatic carbocycles. The molecule has 0 aromatic rings. The van der Waals surface area contributed by atoms with Crippen LogP contribution < -0.4 is 34.0 Å². The Labute approximate surface area is 112 Å². The third kappa shape index (κ3) is 40.3. The molecule has 0 fully saturated rings. The van der Waals surface area contributed by atoms with E-state index in [1.54, 1.807) is 0 Å². The Balaban J connectivity index is -0.0000000457. The molecule has 4 heteroatoms. The summed E-state index contributed by atoms with van der Waals surface area (Å²) in [6, 6.07) is 0. The molecule has 0 bridgehead atoms. The van der Waals surface area contributed by atoms with E-state index in [0.717, 1.165) is 30.4 Å². The van der Waals surface area contributed by atoms with Gasteiger partial charge < -0.3 is 34.0 Å². The van der Waals surface area contributed by atoms with Crippen LogP contribution in [0.25, 0.3) is 0 Å². The smallest absolute Gasteiger partial charge is 1.00 e. The van der Waals surface area contributed by atoms with Crippen molar-refractivity contribution >= 4 is 30.4 Å². The van der Waals surface area contributed by atoms with Gasteiger partial charge in [0.25, 0.3) is 0 Å².